The van der Waals surface area contributed by atoms with Gasteiger partial charge in [0.2, 0.25) is 11.8 Å². The van der Waals surface area contributed by atoms with E-state index in [2.05, 4.69) is 25.2 Å². The number of nitrogens with one attached hydrogen (secondary N) is 1. The maximum Gasteiger partial charge on any atom is 0.242 e. The van der Waals surface area contributed by atoms with E-state index in [1.165, 1.54) is 11.1 Å². The third-order valence-corrected chi connectivity index (χ3v) is 5.70. The minimum Gasteiger partial charge on any atom is -0.352 e. The van der Waals surface area contributed by atoms with Crippen molar-refractivity contribution in [3.05, 3.63) is 70.3 Å². The van der Waals surface area contributed by atoms with E-state index in [1.807, 2.05) is 64.1 Å². The first-order valence-electron chi connectivity index (χ1n) is 10.4. The van der Waals surface area contributed by atoms with Crippen molar-refractivity contribution in [2.45, 2.75) is 73.0 Å². The van der Waals surface area contributed by atoms with Crippen LogP contribution in [0.1, 0.15) is 55.0 Å². The van der Waals surface area contributed by atoms with Crippen molar-refractivity contribution in [2.24, 2.45) is 0 Å². The molecule has 156 valence electrons. The van der Waals surface area contributed by atoms with Crippen molar-refractivity contribution in [3.63, 3.8) is 0 Å². The van der Waals surface area contributed by atoms with Crippen LogP contribution in [0.25, 0.3) is 0 Å². The van der Waals surface area contributed by atoms with E-state index in [0.717, 1.165) is 23.1 Å². The number of amides is 2. The molecule has 1 N–H and O–H groups in total. The van der Waals surface area contributed by atoms with E-state index < -0.39 is 6.04 Å². The van der Waals surface area contributed by atoms with Crippen LogP contribution < -0.4 is 5.32 Å². The van der Waals surface area contributed by atoms with E-state index in [-0.39, 0.29) is 24.3 Å². The summed E-state index contributed by atoms with van der Waals surface area (Å²) < 4.78 is 0. The first-order valence-corrected chi connectivity index (χ1v) is 10.4. The summed E-state index contributed by atoms with van der Waals surface area (Å²) in [7, 11) is 0. The zero-order valence-electron chi connectivity index (χ0n) is 18.6. The predicted octanol–water partition coefficient (Wildman–Crippen LogP) is 4.49. The van der Waals surface area contributed by atoms with Gasteiger partial charge in [-0.1, -0.05) is 49.4 Å². The fourth-order valence-electron chi connectivity index (χ4n) is 3.21. The second-order valence-electron chi connectivity index (χ2n) is 8.04. The molecule has 0 aliphatic heterocycles. The van der Waals surface area contributed by atoms with Crippen LogP contribution in [0.2, 0.25) is 0 Å². The highest BCUT2D eigenvalue weighted by Crippen LogP contribution is 2.17. The standard InChI is InChI=1S/C25H34N2O2/c1-7-20(5)26-25(29)21(6)27(16-23-11-9-8-10-18(23)3)24(28)15-22-13-12-17(2)19(4)14-22/h8-14,20-21H,7,15-16H2,1-6H3,(H,26,29). The zero-order valence-corrected chi connectivity index (χ0v) is 18.6. The van der Waals surface area contributed by atoms with Crippen LogP contribution in [-0.4, -0.2) is 28.8 Å². The van der Waals surface area contributed by atoms with Crippen LogP contribution in [0, 0.1) is 20.8 Å². The average molecular weight is 395 g/mol. The molecule has 2 aromatic carbocycles. The molecule has 4 nitrogen and oxygen atoms in total. The summed E-state index contributed by atoms with van der Waals surface area (Å²) in [6, 6.07) is 13.7. The van der Waals surface area contributed by atoms with Gasteiger partial charge < -0.3 is 10.2 Å². The number of rotatable bonds is 8. The van der Waals surface area contributed by atoms with Crippen LogP contribution in [0.4, 0.5) is 0 Å². The lowest BCUT2D eigenvalue weighted by atomic mass is 10.0. The number of carbonyl (C=O) groups excluding carboxylic acids is 2. The molecule has 0 bridgehead atoms. The lowest BCUT2D eigenvalue weighted by Gasteiger charge is -2.30. The highest BCUT2D eigenvalue weighted by Gasteiger charge is 2.27. The number of carbonyl (C=O) groups is 2. The largest absolute Gasteiger partial charge is 0.352 e. The first kappa shape index (κ1) is 22.7. The summed E-state index contributed by atoms with van der Waals surface area (Å²) >= 11 is 0. The van der Waals surface area contributed by atoms with Crippen molar-refractivity contribution >= 4 is 11.8 Å². The van der Waals surface area contributed by atoms with E-state index in [0.29, 0.717) is 6.54 Å². The maximum absolute atomic E-state index is 13.3. The van der Waals surface area contributed by atoms with E-state index in [9.17, 15) is 9.59 Å². The van der Waals surface area contributed by atoms with Gasteiger partial charge in [0, 0.05) is 12.6 Å². The third kappa shape index (κ3) is 6.18. The van der Waals surface area contributed by atoms with Gasteiger partial charge in [-0.2, -0.15) is 0 Å². The van der Waals surface area contributed by atoms with Gasteiger partial charge in [0.1, 0.15) is 6.04 Å². The molecule has 0 saturated carbocycles. The molecule has 4 heteroatoms. The molecule has 2 rings (SSSR count). The molecular weight excluding hydrogens is 360 g/mol. The zero-order chi connectivity index (χ0) is 21.6. The van der Waals surface area contributed by atoms with Gasteiger partial charge in [-0.25, -0.2) is 0 Å². The van der Waals surface area contributed by atoms with Gasteiger partial charge in [-0.05, 0) is 68.9 Å². The Kier molecular flexibility index (Phi) is 8.00. The summed E-state index contributed by atoms with van der Waals surface area (Å²) in [6.07, 6.45) is 1.14. The molecule has 0 aliphatic rings. The van der Waals surface area contributed by atoms with Gasteiger partial charge in [0.25, 0.3) is 0 Å². The van der Waals surface area contributed by atoms with E-state index in [4.69, 9.17) is 0 Å². The summed E-state index contributed by atoms with van der Waals surface area (Å²) in [4.78, 5) is 27.8. The van der Waals surface area contributed by atoms with Crippen molar-refractivity contribution < 1.29 is 9.59 Å². The highest BCUT2D eigenvalue weighted by molar-refractivity contribution is 5.88. The Labute approximate surface area is 175 Å². The van der Waals surface area contributed by atoms with Crippen LogP contribution in [-0.2, 0) is 22.6 Å². The summed E-state index contributed by atoms with van der Waals surface area (Å²) in [6.45, 7) is 12.4. The number of hydrogen-bond acceptors (Lipinski definition) is 2. The lowest BCUT2D eigenvalue weighted by molar-refractivity contribution is -0.140. The Hall–Kier alpha value is -2.62. The van der Waals surface area contributed by atoms with E-state index in [1.54, 1.807) is 4.90 Å². The molecule has 2 aromatic rings. The molecule has 0 saturated heterocycles. The minimum atomic E-state index is -0.539. The van der Waals surface area contributed by atoms with Crippen molar-refractivity contribution in [2.75, 3.05) is 0 Å². The van der Waals surface area contributed by atoms with Gasteiger partial charge in [0.05, 0.1) is 6.42 Å². The minimum absolute atomic E-state index is 0.0386. The molecule has 0 radical (unpaired) electrons. The number of benzene rings is 2. The Morgan fingerprint density at radius 3 is 2.28 bits per heavy atom. The molecule has 2 amide bonds. The Morgan fingerprint density at radius 2 is 1.66 bits per heavy atom. The van der Waals surface area contributed by atoms with Gasteiger partial charge >= 0.3 is 0 Å². The summed E-state index contributed by atoms with van der Waals surface area (Å²) in [5.74, 6) is -0.148. The second-order valence-corrected chi connectivity index (χ2v) is 8.04. The normalized spacial score (nSPS) is 12.9. The average Bonchev–Trinajstić information content (AvgIpc) is 2.69. The SMILES string of the molecule is CCC(C)NC(=O)C(C)N(Cc1ccccc1C)C(=O)Cc1ccc(C)c(C)c1. The Morgan fingerprint density at radius 1 is 0.966 bits per heavy atom. The fraction of sp³-hybridized carbons (Fsp3) is 0.440. The summed E-state index contributed by atoms with van der Waals surface area (Å²) in [5.41, 5.74) is 5.53. The second kappa shape index (κ2) is 10.2. The number of nitrogens with zero attached hydrogens (tertiary/aromatic N) is 1. The van der Waals surface area contributed by atoms with Crippen molar-refractivity contribution in [1.29, 1.82) is 0 Å². The molecule has 29 heavy (non-hydrogen) atoms. The molecule has 0 spiro atoms. The predicted molar refractivity (Wildman–Crippen MR) is 119 cm³/mol. The maximum atomic E-state index is 13.3. The van der Waals surface area contributed by atoms with Crippen LogP contribution >= 0.6 is 0 Å². The molecule has 0 aliphatic carbocycles. The van der Waals surface area contributed by atoms with Crippen molar-refractivity contribution in [1.82, 2.24) is 10.2 Å². The third-order valence-electron chi connectivity index (χ3n) is 5.70. The van der Waals surface area contributed by atoms with Gasteiger partial charge in [0.15, 0.2) is 0 Å². The quantitative estimate of drug-likeness (QED) is 0.717. The smallest absolute Gasteiger partial charge is 0.242 e. The molecule has 0 heterocycles. The molecule has 2 unspecified atom stereocenters. The van der Waals surface area contributed by atoms with Crippen LogP contribution in [0.5, 0.6) is 0 Å². The highest BCUT2D eigenvalue weighted by atomic mass is 16.2. The Bertz CT molecular complexity index is 860. The molecule has 0 fully saturated rings. The molecule has 0 aromatic heterocycles. The monoisotopic (exact) mass is 394 g/mol. The van der Waals surface area contributed by atoms with Crippen molar-refractivity contribution in [3.8, 4) is 0 Å². The van der Waals surface area contributed by atoms with E-state index >= 15 is 0 Å². The van der Waals surface area contributed by atoms with Crippen LogP contribution in [0.15, 0.2) is 42.5 Å². The molecular formula is C25H34N2O2. The first-order chi connectivity index (χ1) is 13.7. The van der Waals surface area contributed by atoms with Crippen LogP contribution in [0.3, 0.4) is 0 Å². The number of hydrogen-bond donors (Lipinski definition) is 1. The van der Waals surface area contributed by atoms with Gasteiger partial charge in [-0.3, -0.25) is 9.59 Å². The summed E-state index contributed by atoms with van der Waals surface area (Å²) in [5, 5.41) is 3.01. The van der Waals surface area contributed by atoms with Gasteiger partial charge in [-0.15, -0.1) is 0 Å². The lowest BCUT2D eigenvalue weighted by Crippen LogP contribution is -2.50. The molecule has 2 atom stereocenters. The fourth-order valence-corrected chi connectivity index (χ4v) is 3.21. The Balaban J connectivity index is 2.27. The topological polar surface area (TPSA) is 49.4 Å². The number of aryl methyl sites for hydroxylation is 3.